The molecule has 1 aromatic carbocycles. The molecule has 1 amide bonds. The van der Waals surface area contributed by atoms with Gasteiger partial charge in [0, 0.05) is 25.3 Å². The van der Waals surface area contributed by atoms with Crippen LogP contribution in [0.5, 0.6) is 0 Å². The molecular weight excluding hydrogens is 390 g/mol. The Balaban J connectivity index is 1.45. The zero-order valence-corrected chi connectivity index (χ0v) is 17.0. The number of imidazole rings is 1. The topological polar surface area (TPSA) is 97.2 Å². The molecule has 4 rings (SSSR count). The van der Waals surface area contributed by atoms with E-state index in [1.807, 2.05) is 34.9 Å². The largest absolute Gasteiger partial charge is 0.338 e. The maximum Gasteiger partial charge on any atom is 0.255 e. The fraction of sp³-hybridized carbons (Fsp3) is 0.350. The minimum atomic E-state index is -3.23. The number of pyridine rings is 1. The van der Waals surface area contributed by atoms with Crippen LogP contribution in [0.3, 0.4) is 0 Å². The van der Waals surface area contributed by atoms with Gasteiger partial charge in [-0.3, -0.25) is 4.79 Å². The number of rotatable bonds is 5. The first-order chi connectivity index (χ1) is 13.9. The summed E-state index contributed by atoms with van der Waals surface area (Å²) in [7, 11) is -3.23. The summed E-state index contributed by atoms with van der Waals surface area (Å²) >= 11 is 0. The molecule has 9 heteroatoms. The van der Waals surface area contributed by atoms with Crippen LogP contribution in [0.4, 0.5) is 0 Å². The number of sulfonamides is 1. The smallest absolute Gasteiger partial charge is 0.255 e. The molecule has 3 aromatic rings. The number of benzene rings is 1. The van der Waals surface area contributed by atoms with Crippen LogP contribution in [0.1, 0.15) is 28.8 Å². The van der Waals surface area contributed by atoms with Crippen molar-refractivity contribution in [2.75, 3.05) is 19.3 Å². The molecule has 0 aliphatic carbocycles. The van der Waals surface area contributed by atoms with Crippen molar-refractivity contribution in [1.29, 1.82) is 0 Å². The van der Waals surface area contributed by atoms with E-state index in [1.54, 1.807) is 23.5 Å². The van der Waals surface area contributed by atoms with Crippen molar-refractivity contribution in [3.05, 3.63) is 60.0 Å². The fourth-order valence-electron chi connectivity index (χ4n) is 3.65. The highest BCUT2D eigenvalue weighted by Crippen LogP contribution is 2.18. The van der Waals surface area contributed by atoms with Gasteiger partial charge in [-0.2, -0.15) is 0 Å². The molecule has 2 aromatic heterocycles. The van der Waals surface area contributed by atoms with Gasteiger partial charge >= 0.3 is 0 Å². The quantitative estimate of drug-likeness (QED) is 0.686. The third-order valence-corrected chi connectivity index (χ3v) is 5.82. The van der Waals surface area contributed by atoms with Gasteiger partial charge in [-0.25, -0.2) is 23.1 Å². The number of amides is 1. The van der Waals surface area contributed by atoms with E-state index < -0.39 is 10.0 Å². The third-order valence-electron chi connectivity index (χ3n) is 5.06. The van der Waals surface area contributed by atoms with Gasteiger partial charge in [0.1, 0.15) is 5.52 Å². The average molecular weight is 414 g/mol. The SMILES string of the molecule is CS(=O)(=O)NC1CCN(C(=O)c2cnc3c(c2)ncn3Cc2ccccc2)CC1. The van der Waals surface area contributed by atoms with Gasteiger partial charge in [0.2, 0.25) is 10.0 Å². The molecule has 152 valence electrons. The van der Waals surface area contributed by atoms with Crippen LogP contribution < -0.4 is 4.72 Å². The van der Waals surface area contributed by atoms with Crippen LogP contribution in [0, 0.1) is 0 Å². The normalized spacial score (nSPS) is 15.7. The molecule has 1 N–H and O–H groups in total. The Morgan fingerprint density at radius 1 is 1.17 bits per heavy atom. The van der Waals surface area contributed by atoms with E-state index in [0.29, 0.717) is 43.6 Å². The standard InChI is InChI=1S/C20H23N5O3S/c1-29(27,28)23-17-7-9-24(10-8-17)20(26)16-11-18-19(21-12-16)25(14-22-18)13-15-5-3-2-4-6-15/h2-6,11-12,14,17,23H,7-10,13H2,1H3. The summed E-state index contributed by atoms with van der Waals surface area (Å²) in [6.45, 7) is 1.68. The maximum absolute atomic E-state index is 12.8. The summed E-state index contributed by atoms with van der Waals surface area (Å²) in [5, 5.41) is 0. The zero-order valence-electron chi connectivity index (χ0n) is 16.2. The van der Waals surface area contributed by atoms with Gasteiger partial charge in [0.25, 0.3) is 5.91 Å². The number of fused-ring (bicyclic) bond motifs is 1. The second kappa shape index (κ2) is 7.92. The first-order valence-electron chi connectivity index (χ1n) is 9.50. The summed E-state index contributed by atoms with van der Waals surface area (Å²) in [5.74, 6) is -0.102. The van der Waals surface area contributed by atoms with Crippen molar-refractivity contribution in [2.24, 2.45) is 0 Å². The number of piperidine rings is 1. The predicted molar refractivity (Wildman–Crippen MR) is 110 cm³/mol. The van der Waals surface area contributed by atoms with E-state index in [1.165, 1.54) is 0 Å². The maximum atomic E-state index is 12.8. The Morgan fingerprint density at radius 2 is 1.90 bits per heavy atom. The highest BCUT2D eigenvalue weighted by molar-refractivity contribution is 7.88. The molecule has 1 aliphatic rings. The summed E-state index contributed by atoms with van der Waals surface area (Å²) in [6.07, 6.45) is 5.68. The van der Waals surface area contributed by atoms with Crippen molar-refractivity contribution in [3.63, 3.8) is 0 Å². The lowest BCUT2D eigenvalue weighted by molar-refractivity contribution is 0.0711. The molecule has 0 radical (unpaired) electrons. The van der Waals surface area contributed by atoms with Crippen molar-refractivity contribution >= 4 is 27.1 Å². The van der Waals surface area contributed by atoms with Crippen LogP contribution in [0.15, 0.2) is 48.9 Å². The molecule has 1 saturated heterocycles. The van der Waals surface area contributed by atoms with Gasteiger partial charge in [-0.05, 0) is 24.5 Å². The van der Waals surface area contributed by atoms with Crippen molar-refractivity contribution in [3.8, 4) is 0 Å². The molecule has 1 fully saturated rings. The summed E-state index contributed by atoms with van der Waals surface area (Å²) in [4.78, 5) is 23.5. The Kier molecular flexibility index (Phi) is 5.33. The number of carbonyl (C=O) groups excluding carboxylic acids is 1. The molecule has 3 heterocycles. The predicted octanol–water partition coefficient (Wildman–Crippen LogP) is 1.63. The van der Waals surface area contributed by atoms with Crippen LogP contribution in [-0.2, 0) is 16.6 Å². The van der Waals surface area contributed by atoms with Gasteiger partial charge in [-0.1, -0.05) is 30.3 Å². The average Bonchev–Trinajstić information content (AvgIpc) is 3.10. The molecule has 29 heavy (non-hydrogen) atoms. The van der Waals surface area contributed by atoms with Crippen LogP contribution in [-0.4, -0.2) is 59.1 Å². The van der Waals surface area contributed by atoms with Crippen molar-refractivity contribution in [1.82, 2.24) is 24.2 Å². The summed E-state index contributed by atoms with van der Waals surface area (Å²) < 4.78 is 27.3. The number of carbonyl (C=O) groups is 1. The van der Waals surface area contributed by atoms with Gasteiger partial charge < -0.3 is 9.47 Å². The molecule has 8 nitrogen and oxygen atoms in total. The lowest BCUT2D eigenvalue weighted by Crippen LogP contribution is -2.46. The number of nitrogens with zero attached hydrogens (tertiary/aromatic N) is 4. The molecular formula is C20H23N5O3S. The Labute approximate surface area is 169 Å². The second-order valence-corrected chi connectivity index (χ2v) is 9.16. The van der Waals surface area contributed by atoms with Gasteiger partial charge in [0.15, 0.2) is 5.65 Å². The van der Waals surface area contributed by atoms with E-state index >= 15 is 0 Å². The summed E-state index contributed by atoms with van der Waals surface area (Å²) in [5.41, 5.74) is 3.07. The van der Waals surface area contributed by atoms with Gasteiger partial charge in [-0.15, -0.1) is 0 Å². The lowest BCUT2D eigenvalue weighted by Gasteiger charge is -2.32. The Bertz CT molecular complexity index is 1120. The van der Waals surface area contributed by atoms with Gasteiger partial charge in [0.05, 0.1) is 24.7 Å². The van der Waals surface area contributed by atoms with Crippen LogP contribution in [0.25, 0.3) is 11.2 Å². The Morgan fingerprint density at radius 3 is 2.59 bits per heavy atom. The van der Waals surface area contributed by atoms with E-state index in [4.69, 9.17) is 0 Å². The third kappa shape index (κ3) is 4.63. The second-order valence-electron chi connectivity index (χ2n) is 7.38. The highest BCUT2D eigenvalue weighted by atomic mass is 32.2. The monoisotopic (exact) mass is 413 g/mol. The minimum Gasteiger partial charge on any atom is -0.338 e. The van der Waals surface area contributed by atoms with E-state index in [0.717, 1.165) is 17.5 Å². The van der Waals surface area contributed by atoms with Crippen LogP contribution >= 0.6 is 0 Å². The first-order valence-corrected chi connectivity index (χ1v) is 11.4. The number of nitrogens with one attached hydrogen (secondary N) is 1. The fourth-order valence-corrected chi connectivity index (χ4v) is 4.49. The number of likely N-dealkylation sites (tertiary alicyclic amines) is 1. The van der Waals surface area contributed by atoms with E-state index in [9.17, 15) is 13.2 Å². The molecule has 0 saturated carbocycles. The first kappa shape index (κ1) is 19.5. The molecule has 0 bridgehead atoms. The lowest BCUT2D eigenvalue weighted by atomic mass is 10.1. The molecule has 0 spiro atoms. The van der Waals surface area contributed by atoms with Crippen molar-refractivity contribution < 1.29 is 13.2 Å². The molecule has 0 unspecified atom stereocenters. The zero-order chi connectivity index (χ0) is 20.4. The number of hydrogen-bond donors (Lipinski definition) is 1. The minimum absolute atomic E-state index is 0.102. The van der Waals surface area contributed by atoms with Crippen molar-refractivity contribution in [2.45, 2.75) is 25.4 Å². The summed E-state index contributed by atoms with van der Waals surface area (Å²) in [6, 6.07) is 11.7. The highest BCUT2D eigenvalue weighted by Gasteiger charge is 2.25. The number of hydrogen-bond acceptors (Lipinski definition) is 5. The molecule has 0 atom stereocenters. The Hall–Kier alpha value is -2.78. The molecule has 1 aliphatic heterocycles. The van der Waals surface area contributed by atoms with E-state index in [-0.39, 0.29) is 11.9 Å². The van der Waals surface area contributed by atoms with Crippen LogP contribution in [0.2, 0.25) is 0 Å². The van der Waals surface area contributed by atoms with E-state index in [2.05, 4.69) is 14.7 Å². The number of aromatic nitrogens is 3.